The van der Waals surface area contributed by atoms with Gasteiger partial charge in [0.25, 0.3) is 0 Å². The first-order valence-electron chi connectivity index (χ1n) is 8.28. The van der Waals surface area contributed by atoms with Crippen molar-refractivity contribution in [3.8, 4) is 11.5 Å². The predicted molar refractivity (Wildman–Crippen MR) is 95.7 cm³/mol. The molecule has 4 nitrogen and oxygen atoms in total. The van der Waals surface area contributed by atoms with Crippen LogP contribution in [0.3, 0.4) is 0 Å². The lowest BCUT2D eigenvalue weighted by molar-refractivity contribution is 0.174. The molecule has 0 aliphatic carbocycles. The summed E-state index contributed by atoms with van der Waals surface area (Å²) < 4.78 is 5.62. The highest BCUT2D eigenvalue weighted by Gasteiger charge is 2.19. The molecule has 0 unspecified atom stereocenters. The summed E-state index contributed by atoms with van der Waals surface area (Å²) >= 11 is 0. The zero-order chi connectivity index (χ0) is 15.2. The molecule has 2 aromatic rings. The lowest BCUT2D eigenvalue weighted by Crippen LogP contribution is -2.36. The number of hydrogen-bond donors (Lipinski definition) is 1. The van der Waals surface area contributed by atoms with Crippen LogP contribution in [-0.2, 0) is 6.54 Å². The molecule has 0 bridgehead atoms. The topological polar surface area (TPSA) is 41.3 Å². The Morgan fingerprint density at radius 3 is 2.65 bits per heavy atom. The van der Waals surface area contributed by atoms with Crippen LogP contribution in [0.25, 0.3) is 11.5 Å². The molecule has 1 N–H and O–H groups in total. The maximum absolute atomic E-state index is 5.62. The van der Waals surface area contributed by atoms with Crippen molar-refractivity contribution in [2.75, 3.05) is 26.2 Å². The molecule has 5 heteroatoms. The van der Waals surface area contributed by atoms with Gasteiger partial charge in [-0.25, -0.2) is 4.98 Å². The van der Waals surface area contributed by atoms with Gasteiger partial charge in [0.1, 0.15) is 6.26 Å². The Labute approximate surface area is 144 Å². The molecule has 0 amide bonds. The van der Waals surface area contributed by atoms with Crippen molar-refractivity contribution in [3.05, 3.63) is 42.3 Å². The van der Waals surface area contributed by atoms with Crippen LogP contribution in [0.4, 0.5) is 0 Å². The SMILES string of the molecule is CCNCC1CCN(Cc2coc(-c3ccccc3)n2)CC1.Cl. The number of likely N-dealkylation sites (tertiary alicyclic amines) is 1. The van der Waals surface area contributed by atoms with E-state index < -0.39 is 0 Å². The van der Waals surface area contributed by atoms with Gasteiger partial charge in [-0.2, -0.15) is 0 Å². The van der Waals surface area contributed by atoms with E-state index in [9.17, 15) is 0 Å². The standard InChI is InChI=1S/C18H25N3O.ClH/c1-2-19-12-15-8-10-21(11-9-15)13-17-14-22-18(20-17)16-6-4-3-5-7-16;/h3-7,14-15,19H,2,8-13H2,1H3;1H. The second kappa shape index (κ2) is 9.06. The number of nitrogens with zero attached hydrogens (tertiary/aromatic N) is 2. The van der Waals surface area contributed by atoms with Crippen LogP contribution >= 0.6 is 12.4 Å². The molecular formula is C18H26ClN3O. The molecular weight excluding hydrogens is 310 g/mol. The van der Waals surface area contributed by atoms with Crippen molar-refractivity contribution >= 4 is 12.4 Å². The van der Waals surface area contributed by atoms with Crippen molar-refractivity contribution < 1.29 is 4.42 Å². The third-order valence-electron chi connectivity index (χ3n) is 4.35. The van der Waals surface area contributed by atoms with E-state index in [2.05, 4.69) is 22.1 Å². The lowest BCUT2D eigenvalue weighted by atomic mass is 9.97. The summed E-state index contributed by atoms with van der Waals surface area (Å²) in [5, 5.41) is 3.46. The minimum absolute atomic E-state index is 0. The number of nitrogens with one attached hydrogen (secondary N) is 1. The minimum atomic E-state index is 0. The van der Waals surface area contributed by atoms with E-state index >= 15 is 0 Å². The van der Waals surface area contributed by atoms with Crippen LogP contribution in [0.5, 0.6) is 0 Å². The zero-order valence-corrected chi connectivity index (χ0v) is 14.5. The summed E-state index contributed by atoms with van der Waals surface area (Å²) in [4.78, 5) is 7.10. The van der Waals surface area contributed by atoms with Gasteiger partial charge in [-0.15, -0.1) is 12.4 Å². The summed E-state index contributed by atoms with van der Waals surface area (Å²) in [6, 6.07) is 10.1. The number of benzene rings is 1. The molecule has 1 fully saturated rings. The number of hydrogen-bond acceptors (Lipinski definition) is 4. The zero-order valence-electron chi connectivity index (χ0n) is 13.7. The van der Waals surface area contributed by atoms with Gasteiger partial charge in [-0.1, -0.05) is 25.1 Å². The van der Waals surface area contributed by atoms with Crippen molar-refractivity contribution in [2.45, 2.75) is 26.3 Å². The Morgan fingerprint density at radius 2 is 1.96 bits per heavy atom. The molecule has 126 valence electrons. The van der Waals surface area contributed by atoms with Crippen LogP contribution < -0.4 is 5.32 Å². The van der Waals surface area contributed by atoms with Gasteiger partial charge in [0.05, 0.1) is 5.69 Å². The fraction of sp³-hybridized carbons (Fsp3) is 0.500. The Kier molecular flexibility index (Phi) is 7.09. The Morgan fingerprint density at radius 1 is 1.22 bits per heavy atom. The third-order valence-corrected chi connectivity index (χ3v) is 4.35. The largest absolute Gasteiger partial charge is 0.444 e. The normalized spacial score (nSPS) is 16.2. The molecule has 0 atom stereocenters. The van der Waals surface area contributed by atoms with Crippen LogP contribution in [-0.4, -0.2) is 36.1 Å². The smallest absolute Gasteiger partial charge is 0.226 e. The van der Waals surface area contributed by atoms with Crippen molar-refractivity contribution in [2.24, 2.45) is 5.92 Å². The molecule has 1 aromatic heterocycles. The monoisotopic (exact) mass is 335 g/mol. The van der Waals surface area contributed by atoms with E-state index in [0.717, 1.165) is 55.8 Å². The van der Waals surface area contributed by atoms with Gasteiger partial charge in [0, 0.05) is 12.1 Å². The van der Waals surface area contributed by atoms with Crippen LogP contribution in [0.2, 0.25) is 0 Å². The highest BCUT2D eigenvalue weighted by atomic mass is 35.5. The Balaban J connectivity index is 0.00000192. The van der Waals surface area contributed by atoms with Crippen molar-refractivity contribution in [1.82, 2.24) is 15.2 Å². The fourth-order valence-electron chi connectivity index (χ4n) is 3.02. The first kappa shape index (κ1) is 18.0. The number of piperidine rings is 1. The van der Waals surface area contributed by atoms with Crippen molar-refractivity contribution in [3.63, 3.8) is 0 Å². The minimum Gasteiger partial charge on any atom is -0.444 e. The summed E-state index contributed by atoms with van der Waals surface area (Å²) in [5.74, 6) is 1.55. The number of rotatable bonds is 6. The average Bonchev–Trinajstić information content (AvgIpc) is 3.04. The molecule has 1 aromatic carbocycles. The van der Waals surface area contributed by atoms with E-state index in [-0.39, 0.29) is 12.4 Å². The van der Waals surface area contributed by atoms with Crippen LogP contribution in [0.15, 0.2) is 41.0 Å². The molecule has 1 aliphatic rings. The number of oxazole rings is 1. The molecule has 0 saturated carbocycles. The molecule has 1 aliphatic heterocycles. The first-order valence-corrected chi connectivity index (χ1v) is 8.28. The Hall–Kier alpha value is -1.36. The maximum atomic E-state index is 5.62. The highest BCUT2D eigenvalue weighted by molar-refractivity contribution is 5.85. The van der Waals surface area contributed by atoms with E-state index in [1.54, 1.807) is 6.26 Å². The molecule has 2 heterocycles. The van der Waals surface area contributed by atoms with E-state index in [0.29, 0.717) is 0 Å². The fourth-order valence-corrected chi connectivity index (χ4v) is 3.02. The van der Waals surface area contributed by atoms with Gasteiger partial charge >= 0.3 is 0 Å². The summed E-state index contributed by atoms with van der Waals surface area (Å²) in [5.41, 5.74) is 2.07. The van der Waals surface area contributed by atoms with Gasteiger partial charge in [0.2, 0.25) is 5.89 Å². The lowest BCUT2D eigenvalue weighted by Gasteiger charge is -2.31. The second-order valence-corrected chi connectivity index (χ2v) is 6.04. The maximum Gasteiger partial charge on any atom is 0.226 e. The molecule has 1 saturated heterocycles. The second-order valence-electron chi connectivity index (χ2n) is 6.04. The number of halogens is 1. The van der Waals surface area contributed by atoms with E-state index in [1.165, 1.54) is 12.8 Å². The number of aromatic nitrogens is 1. The molecule has 23 heavy (non-hydrogen) atoms. The molecule has 3 rings (SSSR count). The van der Waals surface area contributed by atoms with Crippen LogP contribution in [0.1, 0.15) is 25.5 Å². The molecule has 0 spiro atoms. The van der Waals surface area contributed by atoms with Gasteiger partial charge in [-0.3, -0.25) is 4.90 Å². The van der Waals surface area contributed by atoms with E-state index in [1.807, 2.05) is 30.3 Å². The van der Waals surface area contributed by atoms with Gasteiger partial charge in [0.15, 0.2) is 0 Å². The summed E-state index contributed by atoms with van der Waals surface area (Å²) in [6.45, 7) is 7.61. The van der Waals surface area contributed by atoms with Gasteiger partial charge < -0.3 is 9.73 Å². The first-order chi connectivity index (χ1) is 10.8. The third kappa shape index (κ3) is 5.06. The van der Waals surface area contributed by atoms with Crippen LogP contribution in [0, 0.1) is 5.92 Å². The quantitative estimate of drug-likeness (QED) is 0.876. The highest BCUT2D eigenvalue weighted by Crippen LogP contribution is 2.21. The van der Waals surface area contributed by atoms with Crippen molar-refractivity contribution in [1.29, 1.82) is 0 Å². The van der Waals surface area contributed by atoms with Gasteiger partial charge in [-0.05, 0) is 57.1 Å². The predicted octanol–water partition coefficient (Wildman–Crippen LogP) is 3.58. The van der Waals surface area contributed by atoms with E-state index in [4.69, 9.17) is 4.42 Å². The summed E-state index contributed by atoms with van der Waals surface area (Å²) in [6.07, 6.45) is 4.35. The average molecular weight is 336 g/mol. The Bertz CT molecular complexity index is 565. The molecule has 0 radical (unpaired) electrons. The summed E-state index contributed by atoms with van der Waals surface area (Å²) in [7, 11) is 0.